The second-order valence-corrected chi connectivity index (χ2v) is 3.69. The molecule has 0 radical (unpaired) electrons. The number of rotatable bonds is 0. The van der Waals surface area contributed by atoms with E-state index in [0.29, 0.717) is 12.8 Å². The van der Waals surface area contributed by atoms with Gasteiger partial charge in [-0.1, -0.05) is 25.7 Å². The van der Waals surface area contributed by atoms with Crippen LogP contribution in [-0.2, 0) is 0 Å². The molecule has 0 amide bonds. The largest absolute Gasteiger partial charge is 0.378 e. The summed E-state index contributed by atoms with van der Waals surface area (Å²) in [5.74, 6) is 6.03. The number of hydrogen-bond donors (Lipinski definition) is 1. The lowest BCUT2D eigenvalue weighted by Gasteiger charge is -2.35. The third-order valence-electron chi connectivity index (χ3n) is 1.94. The Balaban J connectivity index is 2.48. The van der Waals surface area contributed by atoms with E-state index < -0.39 is 5.60 Å². The van der Waals surface area contributed by atoms with Crippen LogP contribution in [0, 0.1) is 35.0 Å². The predicted octanol–water partition coefficient (Wildman–Crippen LogP) is 1.31. The van der Waals surface area contributed by atoms with Crippen LogP contribution in [0.5, 0.6) is 0 Å². The molecule has 12 heavy (non-hydrogen) atoms. The minimum Gasteiger partial charge on any atom is -0.378 e. The third kappa shape index (κ3) is 2.00. The van der Waals surface area contributed by atoms with Crippen LogP contribution in [0.3, 0.4) is 0 Å². The van der Waals surface area contributed by atoms with Gasteiger partial charge in [-0.05, 0) is 0 Å². The van der Waals surface area contributed by atoms with Crippen molar-refractivity contribution in [2.75, 3.05) is 0 Å². The first kappa shape index (κ1) is 9.10. The number of hydrogen-bond acceptors (Lipinski definition) is 2. The Kier molecular flexibility index (Phi) is 2.40. The quantitative estimate of drug-likeness (QED) is 0.547. The Morgan fingerprint density at radius 3 is 2.50 bits per heavy atom. The first-order valence-electron chi connectivity index (χ1n) is 4.20. The first-order chi connectivity index (χ1) is 5.56. The van der Waals surface area contributed by atoms with Gasteiger partial charge in [0, 0.05) is 18.8 Å². The molecule has 0 spiro atoms. The van der Waals surface area contributed by atoms with Gasteiger partial charge in [0.1, 0.15) is 5.60 Å². The van der Waals surface area contributed by atoms with Gasteiger partial charge in [-0.2, -0.15) is 5.26 Å². The molecule has 1 rings (SSSR count). The molecule has 0 aromatic rings. The van der Waals surface area contributed by atoms with Gasteiger partial charge in [0.05, 0.1) is 12.0 Å². The molecule has 2 heteroatoms. The van der Waals surface area contributed by atoms with E-state index in [-0.39, 0.29) is 11.8 Å². The summed E-state index contributed by atoms with van der Waals surface area (Å²) in [5, 5.41) is 18.1. The van der Waals surface area contributed by atoms with E-state index in [0.717, 1.165) is 0 Å². The van der Waals surface area contributed by atoms with E-state index in [9.17, 15) is 5.11 Å². The fraction of sp³-hybridized carbons (Fsp3) is 0.700. The van der Waals surface area contributed by atoms with Crippen LogP contribution >= 0.6 is 0 Å². The van der Waals surface area contributed by atoms with E-state index in [1.54, 1.807) is 0 Å². The minimum atomic E-state index is -0.856. The van der Waals surface area contributed by atoms with Crippen LogP contribution in [0.1, 0.15) is 26.7 Å². The molecule has 0 bridgehead atoms. The van der Waals surface area contributed by atoms with Crippen molar-refractivity contribution in [1.29, 1.82) is 5.26 Å². The van der Waals surface area contributed by atoms with Crippen LogP contribution in [0.4, 0.5) is 0 Å². The van der Waals surface area contributed by atoms with E-state index >= 15 is 0 Å². The summed E-state index contributed by atoms with van der Waals surface area (Å²) >= 11 is 0. The van der Waals surface area contributed by atoms with E-state index in [2.05, 4.69) is 17.9 Å². The highest BCUT2D eigenvalue weighted by atomic mass is 16.3. The molecular formula is C10H13NO. The molecule has 2 nitrogen and oxygen atoms in total. The van der Waals surface area contributed by atoms with Gasteiger partial charge in [0.15, 0.2) is 0 Å². The maximum atomic E-state index is 9.64. The van der Waals surface area contributed by atoms with Crippen molar-refractivity contribution in [1.82, 2.24) is 0 Å². The van der Waals surface area contributed by atoms with Crippen LogP contribution in [0.2, 0.25) is 0 Å². The fourth-order valence-corrected chi connectivity index (χ4v) is 1.23. The smallest absolute Gasteiger partial charge is 0.128 e. The maximum Gasteiger partial charge on any atom is 0.128 e. The molecule has 0 atom stereocenters. The first-order valence-corrected chi connectivity index (χ1v) is 4.20. The topological polar surface area (TPSA) is 44.0 Å². The zero-order valence-corrected chi connectivity index (χ0v) is 7.46. The number of nitriles is 1. The second-order valence-electron chi connectivity index (χ2n) is 3.69. The van der Waals surface area contributed by atoms with Gasteiger partial charge in [-0.15, -0.1) is 0 Å². The molecular weight excluding hydrogens is 150 g/mol. The molecule has 0 unspecified atom stereocenters. The minimum absolute atomic E-state index is 0.0106. The van der Waals surface area contributed by atoms with Gasteiger partial charge in [-0.25, -0.2) is 0 Å². The van der Waals surface area contributed by atoms with E-state index in [4.69, 9.17) is 5.26 Å². The third-order valence-corrected chi connectivity index (χ3v) is 1.94. The van der Waals surface area contributed by atoms with Crippen molar-refractivity contribution >= 4 is 0 Å². The molecule has 1 aliphatic carbocycles. The average Bonchev–Trinajstić information content (AvgIpc) is 1.95. The summed E-state index contributed by atoms with van der Waals surface area (Å²) in [6, 6.07) is 2.12. The monoisotopic (exact) mass is 163 g/mol. The lowest BCUT2D eigenvalue weighted by Crippen LogP contribution is -2.41. The lowest BCUT2D eigenvalue weighted by atomic mass is 9.72. The molecule has 1 fully saturated rings. The van der Waals surface area contributed by atoms with Gasteiger partial charge < -0.3 is 5.11 Å². The molecule has 0 aromatic carbocycles. The van der Waals surface area contributed by atoms with E-state index in [1.807, 2.05) is 13.8 Å². The van der Waals surface area contributed by atoms with Crippen molar-refractivity contribution < 1.29 is 5.11 Å². The zero-order valence-electron chi connectivity index (χ0n) is 7.46. The van der Waals surface area contributed by atoms with Crippen molar-refractivity contribution in [2.24, 2.45) is 11.8 Å². The fourth-order valence-electron chi connectivity index (χ4n) is 1.23. The summed E-state index contributed by atoms with van der Waals surface area (Å²) < 4.78 is 0. The normalized spacial score (nSPS) is 33.1. The Bertz CT molecular complexity index is 258. The molecule has 1 aliphatic rings. The molecule has 1 saturated carbocycles. The Labute approximate surface area is 73.2 Å². The van der Waals surface area contributed by atoms with Crippen molar-refractivity contribution in [3.8, 4) is 17.9 Å². The summed E-state index contributed by atoms with van der Waals surface area (Å²) in [7, 11) is 0. The Morgan fingerprint density at radius 2 is 2.08 bits per heavy atom. The molecule has 1 N–H and O–H groups in total. The molecule has 0 heterocycles. The highest BCUT2D eigenvalue weighted by Gasteiger charge is 2.41. The van der Waals surface area contributed by atoms with Crippen molar-refractivity contribution in [3.05, 3.63) is 0 Å². The second kappa shape index (κ2) is 3.17. The molecule has 64 valence electrons. The van der Waals surface area contributed by atoms with Crippen LogP contribution in [-0.4, -0.2) is 10.7 Å². The van der Waals surface area contributed by atoms with Crippen molar-refractivity contribution in [2.45, 2.75) is 32.3 Å². The van der Waals surface area contributed by atoms with Gasteiger partial charge in [0.25, 0.3) is 0 Å². The van der Waals surface area contributed by atoms with Crippen LogP contribution < -0.4 is 0 Å². The molecule has 0 aliphatic heterocycles. The predicted molar refractivity (Wildman–Crippen MR) is 45.9 cm³/mol. The molecule has 0 saturated heterocycles. The lowest BCUT2D eigenvalue weighted by molar-refractivity contribution is -0.00253. The van der Waals surface area contributed by atoms with Crippen molar-refractivity contribution in [3.63, 3.8) is 0 Å². The SMILES string of the molecule is CC(C)C#CC1(O)CC(C#N)C1. The molecule has 0 aromatic heterocycles. The summed E-state index contributed by atoms with van der Waals surface area (Å²) in [5.41, 5.74) is -0.856. The zero-order chi connectivity index (χ0) is 9.19. The van der Waals surface area contributed by atoms with E-state index in [1.165, 1.54) is 0 Å². The van der Waals surface area contributed by atoms with Crippen LogP contribution in [0.25, 0.3) is 0 Å². The number of aliphatic hydroxyl groups is 1. The van der Waals surface area contributed by atoms with Gasteiger partial charge >= 0.3 is 0 Å². The Morgan fingerprint density at radius 1 is 1.50 bits per heavy atom. The summed E-state index contributed by atoms with van der Waals surface area (Å²) in [6.07, 6.45) is 1.03. The Hall–Kier alpha value is -0.990. The highest BCUT2D eigenvalue weighted by molar-refractivity contribution is 5.22. The van der Waals surface area contributed by atoms with Crippen LogP contribution in [0.15, 0.2) is 0 Å². The van der Waals surface area contributed by atoms with Gasteiger partial charge in [-0.3, -0.25) is 0 Å². The average molecular weight is 163 g/mol. The summed E-state index contributed by atoms with van der Waals surface area (Å²) in [6.45, 7) is 3.97. The highest BCUT2D eigenvalue weighted by Crippen LogP contribution is 2.36. The maximum absolute atomic E-state index is 9.64. The van der Waals surface area contributed by atoms with Gasteiger partial charge in [0.2, 0.25) is 0 Å². The standard InChI is InChI=1S/C10H13NO/c1-8(2)3-4-10(12)5-9(6-10)7-11/h8-9,12H,5-6H2,1-2H3. The number of nitrogens with zero attached hydrogens (tertiary/aromatic N) is 1. The summed E-state index contributed by atoms with van der Waals surface area (Å²) in [4.78, 5) is 0.